The first kappa shape index (κ1) is 19.6. The van der Waals surface area contributed by atoms with Gasteiger partial charge in [-0.1, -0.05) is 29.8 Å². The molecule has 1 N–H and O–H groups in total. The summed E-state index contributed by atoms with van der Waals surface area (Å²) in [4.78, 5) is 33.7. The van der Waals surface area contributed by atoms with Gasteiger partial charge in [0.2, 0.25) is 5.95 Å². The van der Waals surface area contributed by atoms with E-state index in [2.05, 4.69) is 20.5 Å². The molecule has 1 aromatic carbocycles. The third-order valence-corrected chi connectivity index (χ3v) is 5.09. The lowest BCUT2D eigenvalue weighted by Gasteiger charge is -2.10. The van der Waals surface area contributed by atoms with Crippen LogP contribution in [0, 0.1) is 0 Å². The van der Waals surface area contributed by atoms with Crippen LogP contribution < -0.4 is 16.7 Å². The fourth-order valence-corrected chi connectivity index (χ4v) is 3.29. The Morgan fingerprint density at radius 3 is 2.57 bits per heavy atom. The molecule has 0 saturated heterocycles. The topological polar surface area (TPSA) is 99.1 Å². The molecule has 0 bridgehead atoms. The number of halogens is 1. The van der Waals surface area contributed by atoms with Gasteiger partial charge in [-0.2, -0.15) is 10.1 Å². The number of fused-ring (bicyclic) bond motifs is 1. The first-order valence-electron chi connectivity index (χ1n) is 9.06. The lowest BCUT2D eigenvalue weighted by Crippen LogP contribution is -2.37. The van der Waals surface area contributed by atoms with E-state index in [4.69, 9.17) is 11.6 Å². The zero-order valence-electron chi connectivity index (χ0n) is 16.3. The Morgan fingerprint density at radius 2 is 1.83 bits per heavy atom. The molecule has 3 aromatic heterocycles. The van der Waals surface area contributed by atoms with Crippen LogP contribution in [0.5, 0.6) is 0 Å². The molecule has 0 radical (unpaired) electrons. The van der Waals surface area contributed by atoms with Gasteiger partial charge in [0.05, 0.1) is 12.8 Å². The van der Waals surface area contributed by atoms with Crippen LogP contribution in [-0.2, 0) is 20.6 Å². The highest BCUT2D eigenvalue weighted by atomic mass is 35.5. The van der Waals surface area contributed by atoms with Gasteiger partial charge in [-0.25, -0.2) is 10.2 Å². The molecule has 3 heterocycles. The van der Waals surface area contributed by atoms with Crippen molar-refractivity contribution in [3.8, 4) is 0 Å². The molecule has 4 aromatic rings. The van der Waals surface area contributed by atoms with Crippen molar-refractivity contribution in [3.63, 3.8) is 0 Å². The standard InChI is InChI=1S/C20H18ClN7O2/c1-26-17-16(18(29)27(2)20(26)30)28(12-14-5-3-4-6-15(14)21)19(24-17)25-23-11-13-7-9-22-10-8-13/h3-11H,12H2,1-2H3,(H,24,25)/b23-11-. The van der Waals surface area contributed by atoms with E-state index in [-0.39, 0.29) is 17.7 Å². The molecule has 0 aliphatic heterocycles. The third-order valence-electron chi connectivity index (χ3n) is 4.72. The SMILES string of the molecule is Cn1c(=O)c2c(nc(N/N=C\c3ccncc3)n2Cc2ccccc2Cl)n(C)c1=O. The number of anilines is 1. The monoisotopic (exact) mass is 423 g/mol. The Balaban J connectivity index is 1.86. The van der Waals surface area contributed by atoms with Crippen molar-refractivity contribution in [1.82, 2.24) is 23.7 Å². The van der Waals surface area contributed by atoms with Gasteiger partial charge in [0.25, 0.3) is 5.56 Å². The Hall–Kier alpha value is -3.72. The maximum absolute atomic E-state index is 12.9. The van der Waals surface area contributed by atoms with Crippen LogP contribution in [0.25, 0.3) is 11.2 Å². The van der Waals surface area contributed by atoms with Gasteiger partial charge >= 0.3 is 5.69 Å². The van der Waals surface area contributed by atoms with Gasteiger partial charge in [-0.05, 0) is 29.3 Å². The summed E-state index contributed by atoms with van der Waals surface area (Å²) < 4.78 is 4.05. The van der Waals surface area contributed by atoms with Crippen molar-refractivity contribution < 1.29 is 0 Å². The lowest BCUT2D eigenvalue weighted by molar-refractivity contribution is 0.702. The van der Waals surface area contributed by atoms with Gasteiger partial charge in [-0.3, -0.25) is 23.5 Å². The summed E-state index contributed by atoms with van der Waals surface area (Å²) in [5.41, 5.74) is 4.16. The van der Waals surface area contributed by atoms with Crippen molar-refractivity contribution in [2.24, 2.45) is 19.2 Å². The first-order chi connectivity index (χ1) is 14.5. The largest absolute Gasteiger partial charge is 0.332 e. The van der Waals surface area contributed by atoms with Crippen LogP contribution in [0.1, 0.15) is 11.1 Å². The molecule has 0 atom stereocenters. The molecule has 0 spiro atoms. The number of hydrazone groups is 1. The molecule has 30 heavy (non-hydrogen) atoms. The van der Waals surface area contributed by atoms with Crippen LogP contribution in [-0.4, -0.2) is 29.9 Å². The maximum atomic E-state index is 12.9. The van der Waals surface area contributed by atoms with Crippen molar-refractivity contribution in [3.05, 3.63) is 85.8 Å². The smallest absolute Gasteiger partial charge is 0.298 e. The van der Waals surface area contributed by atoms with E-state index in [0.29, 0.717) is 11.0 Å². The third kappa shape index (κ3) is 3.50. The molecule has 0 unspecified atom stereocenters. The highest BCUT2D eigenvalue weighted by Crippen LogP contribution is 2.22. The van der Waals surface area contributed by atoms with Crippen LogP contribution in [0.15, 0.2) is 63.5 Å². The fourth-order valence-electron chi connectivity index (χ4n) is 3.10. The summed E-state index contributed by atoms with van der Waals surface area (Å²) in [5, 5.41) is 4.78. The van der Waals surface area contributed by atoms with Crippen molar-refractivity contribution >= 4 is 34.9 Å². The van der Waals surface area contributed by atoms with Gasteiger partial charge in [0.15, 0.2) is 11.2 Å². The number of imidazole rings is 1. The number of hydrogen-bond donors (Lipinski definition) is 1. The minimum atomic E-state index is -0.457. The number of nitrogens with one attached hydrogen (secondary N) is 1. The Labute approximate surface area is 175 Å². The molecule has 9 nitrogen and oxygen atoms in total. The average molecular weight is 424 g/mol. The number of hydrogen-bond acceptors (Lipinski definition) is 6. The van der Waals surface area contributed by atoms with E-state index < -0.39 is 11.2 Å². The Kier molecular flexibility index (Phi) is 5.20. The van der Waals surface area contributed by atoms with Crippen LogP contribution in [0.2, 0.25) is 5.02 Å². The summed E-state index contributed by atoms with van der Waals surface area (Å²) in [6.45, 7) is 0.275. The summed E-state index contributed by atoms with van der Waals surface area (Å²) >= 11 is 6.33. The number of nitrogens with zero attached hydrogens (tertiary/aromatic N) is 6. The molecule has 0 amide bonds. The zero-order valence-corrected chi connectivity index (χ0v) is 17.0. The van der Waals surface area contributed by atoms with Crippen LogP contribution >= 0.6 is 11.6 Å². The fraction of sp³-hybridized carbons (Fsp3) is 0.150. The summed E-state index contributed by atoms with van der Waals surface area (Å²) in [6, 6.07) is 10.9. The van der Waals surface area contributed by atoms with Gasteiger partial charge in [-0.15, -0.1) is 0 Å². The Morgan fingerprint density at radius 1 is 1.10 bits per heavy atom. The molecule has 0 saturated carbocycles. The molecular weight excluding hydrogens is 406 g/mol. The van der Waals surface area contributed by atoms with Gasteiger partial charge in [0, 0.05) is 31.5 Å². The molecule has 4 rings (SSSR count). The molecule has 152 valence electrons. The van der Waals surface area contributed by atoms with E-state index in [1.165, 1.54) is 11.6 Å². The van der Waals surface area contributed by atoms with E-state index in [1.54, 1.807) is 48.4 Å². The second-order valence-electron chi connectivity index (χ2n) is 6.64. The average Bonchev–Trinajstić information content (AvgIpc) is 3.11. The molecule has 0 aliphatic carbocycles. The number of benzene rings is 1. The Bertz CT molecular complexity index is 1370. The van der Waals surface area contributed by atoms with E-state index in [9.17, 15) is 9.59 Å². The lowest BCUT2D eigenvalue weighted by atomic mass is 10.2. The summed E-state index contributed by atoms with van der Waals surface area (Å²) in [5.74, 6) is 0.313. The van der Waals surface area contributed by atoms with Gasteiger partial charge in [0.1, 0.15) is 0 Å². The maximum Gasteiger partial charge on any atom is 0.332 e. The minimum absolute atomic E-state index is 0.261. The van der Waals surface area contributed by atoms with E-state index in [0.717, 1.165) is 15.7 Å². The second kappa shape index (κ2) is 7.96. The van der Waals surface area contributed by atoms with Gasteiger partial charge < -0.3 is 0 Å². The highest BCUT2D eigenvalue weighted by molar-refractivity contribution is 6.31. The number of aromatic nitrogens is 5. The van der Waals surface area contributed by atoms with Crippen LogP contribution in [0.4, 0.5) is 5.95 Å². The van der Waals surface area contributed by atoms with E-state index in [1.807, 2.05) is 18.2 Å². The number of pyridine rings is 1. The highest BCUT2D eigenvalue weighted by Gasteiger charge is 2.19. The summed E-state index contributed by atoms with van der Waals surface area (Å²) in [6.07, 6.45) is 4.93. The quantitative estimate of drug-likeness (QED) is 0.391. The summed E-state index contributed by atoms with van der Waals surface area (Å²) in [7, 11) is 3.01. The molecule has 10 heteroatoms. The molecular formula is C20H18ClN7O2. The molecule has 0 aliphatic rings. The van der Waals surface area contributed by atoms with Crippen LogP contribution in [0.3, 0.4) is 0 Å². The second-order valence-corrected chi connectivity index (χ2v) is 7.05. The molecule has 0 fully saturated rings. The predicted octanol–water partition coefficient (Wildman–Crippen LogP) is 1.98. The number of aryl methyl sites for hydroxylation is 1. The van der Waals surface area contributed by atoms with Crippen molar-refractivity contribution in [2.45, 2.75) is 6.54 Å². The van der Waals surface area contributed by atoms with E-state index >= 15 is 0 Å². The predicted molar refractivity (Wildman–Crippen MR) is 116 cm³/mol. The van der Waals surface area contributed by atoms with Crippen molar-refractivity contribution in [2.75, 3.05) is 5.43 Å². The number of rotatable bonds is 5. The zero-order chi connectivity index (χ0) is 21.3. The minimum Gasteiger partial charge on any atom is -0.298 e. The first-order valence-corrected chi connectivity index (χ1v) is 9.44. The van der Waals surface area contributed by atoms with Crippen molar-refractivity contribution in [1.29, 1.82) is 0 Å². The normalized spacial score (nSPS) is 11.4.